The average molecular weight is 187 g/mol. The predicted molar refractivity (Wildman–Crippen MR) is 31.2 cm³/mol. The van der Waals surface area contributed by atoms with Gasteiger partial charge in [0.1, 0.15) is 0 Å². The minimum absolute atomic E-state index is 0. The van der Waals surface area contributed by atoms with Crippen molar-refractivity contribution in [1.82, 2.24) is 10.2 Å². The summed E-state index contributed by atoms with van der Waals surface area (Å²) in [6.45, 7) is 0. The molecule has 1 aromatic rings. The first kappa shape index (κ1) is 9.64. The third kappa shape index (κ3) is 2.97. The number of rotatable bonds is 0. The fraction of sp³-hybridized carbons (Fsp3) is 0. The Morgan fingerprint density at radius 3 is 1.62 bits per heavy atom. The van der Waals surface area contributed by atoms with E-state index in [1.54, 1.807) is 0 Å². The first-order valence-electron chi connectivity index (χ1n) is 1.46. The van der Waals surface area contributed by atoms with Gasteiger partial charge in [-0.25, -0.2) is 0 Å². The molecule has 38 valence electrons. The van der Waals surface area contributed by atoms with Gasteiger partial charge in [-0.2, -0.15) is 10.2 Å². The van der Waals surface area contributed by atoms with Gasteiger partial charge in [0.15, 0.2) is 0 Å². The summed E-state index contributed by atoms with van der Waals surface area (Å²) in [6.07, 6.45) is 0. The van der Waals surface area contributed by atoms with E-state index in [0.29, 0.717) is 8.68 Å². The smallest absolute Gasteiger partial charge is 0.406 e. The molecule has 0 spiro atoms. The van der Waals surface area contributed by atoms with Gasteiger partial charge in [0, 0.05) is 0 Å². The van der Waals surface area contributed by atoms with Crippen LogP contribution < -0.4 is 51.4 Å². The normalized spacial score (nSPS) is 8.00. The molecule has 0 fully saturated rings. The monoisotopic (exact) mass is 187 g/mol. The minimum atomic E-state index is 0. The molecule has 2 nitrogen and oxygen atoms in total. The number of hydrogen-bond acceptors (Lipinski definition) is 5. The molecule has 1 heterocycles. The minimum Gasteiger partial charge on any atom is -0.406 e. The molecule has 0 aliphatic carbocycles. The molecule has 1 rings (SSSR count). The van der Waals surface area contributed by atoms with Crippen LogP contribution in [-0.4, -0.2) is 10.2 Å². The second kappa shape index (κ2) is 4.45. The summed E-state index contributed by atoms with van der Waals surface area (Å²) in [4.78, 5) is 0. The number of hydrogen-bond donors (Lipinski definition) is 0. The molecule has 0 unspecified atom stereocenters. The maximum Gasteiger partial charge on any atom is 1.00 e. The molecule has 6 heteroatoms. The fourth-order valence-electron chi connectivity index (χ4n) is 0.197. The van der Waals surface area contributed by atoms with Gasteiger partial charge in [0.25, 0.3) is 0 Å². The van der Waals surface area contributed by atoms with Crippen molar-refractivity contribution < 1.29 is 51.4 Å². The van der Waals surface area contributed by atoms with Crippen molar-refractivity contribution in [3.05, 3.63) is 0 Å². The van der Waals surface area contributed by atoms with Gasteiger partial charge in [-0.3, -0.25) is 0 Å². The van der Waals surface area contributed by atoms with Crippen molar-refractivity contribution in [2.75, 3.05) is 0 Å². The third-order valence-corrected chi connectivity index (χ3v) is 1.56. The second-order valence-corrected chi connectivity index (χ2v) is 3.10. The zero-order valence-electron chi connectivity index (χ0n) is 4.12. The average Bonchev–Trinajstić information content (AvgIpc) is 1.87. The molecule has 0 bridgehead atoms. The summed E-state index contributed by atoms with van der Waals surface area (Å²) in [5.41, 5.74) is 0. The zero-order chi connectivity index (χ0) is 5.28. The quantitative estimate of drug-likeness (QED) is 0.327. The van der Waals surface area contributed by atoms with E-state index in [2.05, 4.69) is 35.5 Å². The van der Waals surface area contributed by atoms with Crippen molar-refractivity contribution in [1.29, 1.82) is 0 Å². The summed E-state index contributed by atoms with van der Waals surface area (Å²) in [6, 6.07) is 0. The van der Waals surface area contributed by atoms with E-state index in [0.717, 1.165) is 0 Å². The van der Waals surface area contributed by atoms with E-state index in [4.69, 9.17) is 0 Å². The van der Waals surface area contributed by atoms with Crippen molar-refractivity contribution in [3.63, 3.8) is 0 Å². The van der Waals surface area contributed by atoms with Crippen LogP contribution in [0.25, 0.3) is 0 Å². The van der Waals surface area contributed by atoms with Crippen LogP contribution >= 0.6 is 11.3 Å². The topological polar surface area (TPSA) is 25.8 Å². The molecular formula is C2KN2S3-. The predicted octanol–water partition coefficient (Wildman–Crippen LogP) is -2.65. The van der Waals surface area contributed by atoms with Gasteiger partial charge in [0.2, 0.25) is 0 Å². The van der Waals surface area contributed by atoms with Crippen LogP contribution in [-0.2, 0) is 25.3 Å². The van der Waals surface area contributed by atoms with Gasteiger partial charge >= 0.3 is 51.4 Å². The number of nitrogens with zero attached hydrogens (tertiary/aromatic N) is 2. The molecule has 0 amide bonds. The Labute approximate surface area is 105 Å². The SMILES string of the molecule is [K+].[S-]c1nnc([S-])s1. The van der Waals surface area contributed by atoms with E-state index in [9.17, 15) is 0 Å². The molecule has 0 aliphatic rings. The Morgan fingerprint density at radius 2 is 1.50 bits per heavy atom. The summed E-state index contributed by atoms with van der Waals surface area (Å²) >= 11 is 10.5. The van der Waals surface area contributed by atoms with Crippen LogP contribution in [0.2, 0.25) is 0 Å². The molecule has 0 saturated carbocycles. The largest absolute Gasteiger partial charge is 1.00 e. The molecule has 0 saturated heterocycles. The second-order valence-electron chi connectivity index (χ2n) is 0.834. The summed E-state index contributed by atoms with van der Waals surface area (Å²) in [7, 11) is 0. The Kier molecular flexibility index (Phi) is 5.36. The molecule has 0 aliphatic heterocycles. The summed E-state index contributed by atoms with van der Waals surface area (Å²) < 4.78 is 1.04. The van der Waals surface area contributed by atoms with Crippen molar-refractivity contribution in [2.24, 2.45) is 0 Å². The van der Waals surface area contributed by atoms with Crippen molar-refractivity contribution in [2.45, 2.75) is 8.68 Å². The Balaban J connectivity index is 0.000000490. The molecular weight excluding hydrogens is 187 g/mol. The molecule has 0 atom stereocenters. The molecule has 0 aromatic carbocycles. The van der Waals surface area contributed by atoms with Crippen LogP contribution in [0.1, 0.15) is 0 Å². The molecule has 1 aromatic heterocycles. The van der Waals surface area contributed by atoms with E-state index in [1.807, 2.05) is 0 Å². The first-order chi connectivity index (χ1) is 3.29. The van der Waals surface area contributed by atoms with E-state index < -0.39 is 0 Å². The Morgan fingerprint density at radius 1 is 1.12 bits per heavy atom. The van der Waals surface area contributed by atoms with E-state index >= 15 is 0 Å². The van der Waals surface area contributed by atoms with Gasteiger partial charge in [-0.05, 0) is 8.68 Å². The molecule has 0 N–H and O–H groups in total. The number of aromatic nitrogens is 2. The summed E-state index contributed by atoms with van der Waals surface area (Å²) in [5, 5.41) is 6.99. The van der Waals surface area contributed by atoms with Crippen LogP contribution in [0.5, 0.6) is 0 Å². The van der Waals surface area contributed by atoms with Crippen LogP contribution in [0.3, 0.4) is 0 Å². The van der Waals surface area contributed by atoms with Crippen LogP contribution in [0, 0.1) is 0 Å². The fourth-order valence-corrected chi connectivity index (χ4v) is 1.22. The maximum absolute atomic E-state index is 4.61. The zero-order valence-corrected chi connectivity index (χ0v) is 9.69. The Bertz CT molecular complexity index is 148. The van der Waals surface area contributed by atoms with Gasteiger partial charge in [-0.15, -0.1) is 0 Å². The van der Waals surface area contributed by atoms with Gasteiger partial charge in [-0.1, -0.05) is 0 Å². The Hall–Kier alpha value is 1.64. The van der Waals surface area contributed by atoms with E-state index in [-0.39, 0.29) is 51.4 Å². The van der Waals surface area contributed by atoms with Crippen LogP contribution in [0.4, 0.5) is 0 Å². The van der Waals surface area contributed by atoms with Crippen molar-refractivity contribution >= 4 is 36.6 Å². The maximum atomic E-state index is 4.61. The molecule has 8 heavy (non-hydrogen) atoms. The van der Waals surface area contributed by atoms with Gasteiger partial charge in [0.05, 0.1) is 0 Å². The standard InChI is InChI=1S/C2H2N2S3.K/c5-1-3-4-2(6)7-1;/h(H,3,5)(H,4,6);/q;+1/p-2. The third-order valence-electron chi connectivity index (χ3n) is 0.388. The summed E-state index contributed by atoms with van der Waals surface area (Å²) in [5.74, 6) is 0. The van der Waals surface area contributed by atoms with Gasteiger partial charge < -0.3 is 36.6 Å². The van der Waals surface area contributed by atoms with E-state index in [1.165, 1.54) is 11.3 Å². The van der Waals surface area contributed by atoms with Crippen molar-refractivity contribution in [3.8, 4) is 0 Å². The van der Waals surface area contributed by atoms with Crippen LogP contribution in [0.15, 0.2) is 8.68 Å². The first-order valence-corrected chi connectivity index (χ1v) is 3.10. The molecule has 0 radical (unpaired) electrons.